The molecule has 0 radical (unpaired) electrons. The number of nitrogens with two attached hydrogens (primary N) is 1. The molecule has 2 rings (SSSR count). The van der Waals surface area contributed by atoms with E-state index in [-0.39, 0.29) is 5.97 Å². The summed E-state index contributed by atoms with van der Waals surface area (Å²) in [6.45, 7) is 6.28. The second-order valence-corrected chi connectivity index (χ2v) is 6.48. The van der Waals surface area contributed by atoms with Crippen molar-refractivity contribution in [2.24, 2.45) is 0 Å². The van der Waals surface area contributed by atoms with E-state index >= 15 is 0 Å². The lowest BCUT2D eigenvalue weighted by Crippen LogP contribution is -2.07. The Morgan fingerprint density at radius 3 is 2.85 bits per heavy atom. The number of thioether (sulfide) groups is 1. The number of aryl methyl sites for hydroxylation is 2. The third-order valence-electron chi connectivity index (χ3n) is 2.86. The van der Waals surface area contributed by atoms with Gasteiger partial charge >= 0.3 is 5.97 Å². The van der Waals surface area contributed by atoms with Gasteiger partial charge in [0.2, 0.25) is 0 Å². The number of esters is 1. The van der Waals surface area contributed by atoms with Crippen LogP contribution in [0, 0.1) is 13.8 Å². The normalized spacial score (nSPS) is 10.9. The minimum absolute atomic E-state index is 0.214. The molecule has 0 saturated carbocycles. The van der Waals surface area contributed by atoms with E-state index in [1.54, 1.807) is 18.3 Å². The van der Waals surface area contributed by atoms with Crippen LogP contribution in [0.4, 0.5) is 5.82 Å². The fourth-order valence-electron chi connectivity index (χ4n) is 1.82. The quantitative estimate of drug-likeness (QED) is 0.855. The second-order valence-electron chi connectivity index (χ2n) is 4.29. The van der Waals surface area contributed by atoms with E-state index < -0.39 is 0 Å². The number of anilines is 1. The third kappa shape index (κ3) is 3.21. The second kappa shape index (κ2) is 6.41. The Morgan fingerprint density at radius 2 is 2.15 bits per heavy atom. The van der Waals surface area contributed by atoms with E-state index in [9.17, 15) is 4.79 Å². The van der Waals surface area contributed by atoms with Gasteiger partial charge in [-0.2, -0.15) is 0 Å². The van der Waals surface area contributed by atoms with Crippen LogP contribution in [0.15, 0.2) is 0 Å². The number of nitrogens with zero attached hydrogens (tertiary/aromatic N) is 2. The van der Waals surface area contributed by atoms with E-state index in [2.05, 4.69) is 16.9 Å². The first kappa shape index (κ1) is 15.1. The van der Waals surface area contributed by atoms with Gasteiger partial charge in [-0.25, -0.2) is 9.97 Å². The first-order valence-electron chi connectivity index (χ1n) is 6.28. The van der Waals surface area contributed by atoms with Crippen LogP contribution >= 0.6 is 23.1 Å². The van der Waals surface area contributed by atoms with Gasteiger partial charge in [0, 0.05) is 4.88 Å². The third-order valence-corrected chi connectivity index (χ3v) is 4.86. The Hall–Kier alpha value is -1.34. The highest BCUT2D eigenvalue weighted by Crippen LogP contribution is 2.32. The van der Waals surface area contributed by atoms with Gasteiger partial charge in [0.25, 0.3) is 0 Å². The van der Waals surface area contributed by atoms with Gasteiger partial charge in [0.1, 0.15) is 16.5 Å². The van der Waals surface area contributed by atoms with Crippen molar-refractivity contribution in [3.05, 3.63) is 16.3 Å². The van der Waals surface area contributed by atoms with Crippen molar-refractivity contribution < 1.29 is 9.53 Å². The highest BCUT2D eigenvalue weighted by atomic mass is 32.2. The van der Waals surface area contributed by atoms with Crippen molar-refractivity contribution in [1.82, 2.24) is 9.97 Å². The molecule has 2 N–H and O–H groups in total. The lowest BCUT2D eigenvalue weighted by molar-refractivity contribution is -0.139. The van der Waals surface area contributed by atoms with Crippen LogP contribution in [0.5, 0.6) is 0 Å². The molecule has 5 nitrogen and oxygen atoms in total. The predicted octanol–water partition coefficient (Wildman–Crippen LogP) is 2.69. The number of carbonyl (C=O) groups is 1. The molecule has 0 aliphatic rings. The Bertz CT molecular complexity index is 640. The van der Waals surface area contributed by atoms with Crippen LogP contribution in [0.2, 0.25) is 0 Å². The molecule has 0 saturated heterocycles. The molecule has 0 spiro atoms. The van der Waals surface area contributed by atoms with Gasteiger partial charge in [0.05, 0.1) is 23.5 Å². The number of hydrogen-bond acceptors (Lipinski definition) is 7. The minimum atomic E-state index is -0.214. The van der Waals surface area contributed by atoms with Gasteiger partial charge in [-0.1, -0.05) is 0 Å². The van der Waals surface area contributed by atoms with Crippen LogP contribution in [0.3, 0.4) is 0 Å². The Kier molecular flexibility index (Phi) is 4.82. The molecular formula is C13H17N3O2S2. The zero-order valence-electron chi connectivity index (χ0n) is 11.7. The van der Waals surface area contributed by atoms with Gasteiger partial charge in [-0.3, -0.25) is 4.79 Å². The maximum absolute atomic E-state index is 11.3. The first-order valence-corrected chi connectivity index (χ1v) is 8.25. The summed E-state index contributed by atoms with van der Waals surface area (Å²) in [6.07, 6.45) is 0. The smallest absolute Gasteiger partial charge is 0.315 e. The largest absolute Gasteiger partial charge is 0.465 e. The molecule has 0 bridgehead atoms. The highest BCUT2D eigenvalue weighted by molar-refractivity contribution is 7.99. The number of hydrogen-bond donors (Lipinski definition) is 1. The van der Waals surface area contributed by atoms with Gasteiger partial charge < -0.3 is 10.5 Å². The number of thiophene rings is 1. The Balaban J connectivity index is 2.10. The van der Waals surface area contributed by atoms with Crippen LogP contribution in [0.25, 0.3) is 10.2 Å². The molecule has 0 aromatic carbocycles. The van der Waals surface area contributed by atoms with Crippen molar-refractivity contribution in [3.8, 4) is 0 Å². The fourth-order valence-corrected chi connectivity index (χ4v) is 3.54. The number of nitrogen functional groups attached to an aromatic ring is 1. The van der Waals surface area contributed by atoms with E-state index in [0.717, 1.165) is 15.8 Å². The van der Waals surface area contributed by atoms with Crippen LogP contribution in [-0.4, -0.2) is 28.3 Å². The molecule has 0 amide bonds. The van der Waals surface area contributed by atoms with Crippen LogP contribution < -0.4 is 5.73 Å². The molecule has 0 aliphatic carbocycles. The van der Waals surface area contributed by atoms with Gasteiger partial charge in [-0.15, -0.1) is 23.1 Å². The summed E-state index contributed by atoms with van der Waals surface area (Å²) >= 11 is 3.06. The van der Waals surface area contributed by atoms with Crippen LogP contribution in [0.1, 0.15) is 23.2 Å². The monoisotopic (exact) mass is 311 g/mol. The number of carbonyl (C=O) groups excluding carboxylic acids is 1. The lowest BCUT2D eigenvalue weighted by atomic mass is 10.2. The van der Waals surface area contributed by atoms with E-state index in [1.165, 1.54) is 16.6 Å². The SMILES string of the molecule is CCOC(=O)CSCc1nc(N)c2c(C)c(C)sc2n1. The molecule has 20 heavy (non-hydrogen) atoms. The molecule has 2 aromatic heterocycles. The molecule has 108 valence electrons. The van der Waals surface area contributed by atoms with Crippen molar-refractivity contribution in [2.45, 2.75) is 26.5 Å². The molecular weight excluding hydrogens is 294 g/mol. The topological polar surface area (TPSA) is 78.1 Å². The maximum Gasteiger partial charge on any atom is 0.315 e. The molecule has 0 atom stereocenters. The van der Waals surface area contributed by atoms with Crippen LogP contribution in [-0.2, 0) is 15.3 Å². The predicted molar refractivity (Wildman–Crippen MR) is 84.1 cm³/mol. The molecule has 0 aliphatic heterocycles. The Morgan fingerprint density at radius 1 is 1.40 bits per heavy atom. The van der Waals surface area contributed by atoms with E-state index in [0.29, 0.717) is 29.8 Å². The zero-order chi connectivity index (χ0) is 14.7. The number of rotatable bonds is 5. The summed E-state index contributed by atoms with van der Waals surface area (Å²) in [5.74, 6) is 1.82. The van der Waals surface area contributed by atoms with E-state index in [1.807, 2.05) is 6.92 Å². The molecule has 7 heteroatoms. The average molecular weight is 311 g/mol. The van der Waals surface area contributed by atoms with Gasteiger partial charge in [0.15, 0.2) is 0 Å². The summed E-state index contributed by atoms with van der Waals surface area (Å²) in [5, 5.41) is 0.951. The van der Waals surface area contributed by atoms with E-state index in [4.69, 9.17) is 10.5 Å². The molecule has 0 fully saturated rings. The summed E-state index contributed by atoms with van der Waals surface area (Å²) in [4.78, 5) is 22.2. The minimum Gasteiger partial charge on any atom is -0.465 e. The number of ether oxygens (including phenoxy) is 1. The maximum atomic E-state index is 11.3. The van der Waals surface area contributed by atoms with Crippen molar-refractivity contribution in [2.75, 3.05) is 18.1 Å². The lowest BCUT2D eigenvalue weighted by Gasteiger charge is -2.03. The highest BCUT2D eigenvalue weighted by Gasteiger charge is 2.13. The molecule has 0 unspecified atom stereocenters. The summed E-state index contributed by atoms with van der Waals surface area (Å²) in [6, 6.07) is 0. The average Bonchev–Trinajstić information content (AvgIpc) is 2.65. The van der Waals surface area contributed by atoms with Crippen molar-refractivity contribution in [3.63, 3.8) is 0 Å². The standard InChI is InChI=1S/C13H17N3O2S2/c1-4-18-10(17)6-19-5-9-15-12(14)11-7(2)8(3)20-13(11)16-9/h4-6H2,1-3H3,(H2,14,15,16). The Labute approximate surface area is 125 Å². The summed E-state index contributed by atoms with van der Waals surface area (Å²) in [5.41, 5.74) is 7.15. The van der Waals surface area contributed by atoms with Crippen molar-refractivity contribution in [1.29, 1.82) is 0 Å². The zero-order valence-corrected chi connectivity index (χ0v) is 13.4. The fraction of sp³-hybridized carbons (Fsp3) is 0.462. The van der Waals surface area contributed by atoms with Crippen molar-refractivity contribution >= 4 is 45.1 Å². The number of aromatic nitrogens is 2. The molecule has 2 aromatic rings. The summed E-state index contributed by atoms with van der Waals surface area (Å²) < 4.78 is 4.87. The first-order chi connectivity index (χ1) is 9.52. The van der Waals surface area contributed by atoms with Gasteiger partial charge in [-0.05, 0) is 26.3 Å². The molecule has 2 heterocycles. The summed E-state index contributed by atoms with van der Waals surface area (Å²) in [7, 11) is 0. The number of fused-ring (bicyclic) bond motifs is 1.